The van der Waals surface area contributed by atoms with Crippen LogP contribution in [0.5, 0.6) is 0 Å². The summed E-state index contributed by atoms with van der Waals surface area (Å²) in [4.78, 5) is 5.23. The van der Waals surface area contributed by atoms with Crippen LogP contribution in [-0.4, -0.2) is 62.2 Å². The lowest BCUT2D eigenvalue weighted by Crippen LogP contribution is -2.55. The van der Waals surface area contributed by atoms with E-state index in [-0.39, 0.29) is 0 Å². The molecule has 118 valence electrons. The Balaban J connectivity index is 1.99. The number of likely N-dealkylation sites (N-methyl/N-ethyl adjacent to an activating group) is 1. The molecule has 1 saturated heterocycles. The zero-order valence-corrected chi connectivity index (χ0v) is 14.1. The van der Waals surface area contributed by atoms with E-state index >= 15 is 0 Å². The molecule has 3 nitrogen and oxygen atoms in total. The number of nitrogens with one attached hydrogen (secondary N) is 1. The van der Waals surface area contributed by atoms with Crippen molar-refractivity contribution in [3.05, 3.63) is 0 Å². The maximum absolute atomic E-state index is 3.66. The van der Waals surface area contributed by atoms with Gasteiger partial charge in [0.15, 0.2) is 0 Å². The molecule has 20 heavy (non-hydrogen) atoms. The third kappa shape index (κ3) is 4.19. The Morgan fingerprint density at radius 1 is 1.25 bits per heavy atom. The fourth-order valence-electron chi connectivity index (χ4n) is 4.36. The Bertz CT molecular complexity index is 294. The zero-order valence-electron chi connectivity index (χ0n) is 14.1. The molecule has 1 aliphatic heterocycles. The first-order chi connectivity index (χ1) is 9.54. The van der Waals surface area contributed by atoms with E-state index in [4.69, 9.17) is 0 Å². The van der Waals surface area contributed by atoms with Crippen LogP contribution >= 0.6 is 0 Å². The van der Waals surface area contributed by atoms with Gasteiger partial charge in [-0.1, -0.05) is 26.7 Å². The van der Waals surface area contributed by atoms with Crippen molar-refractivity contribution in [3.63, 3.8) is 0 Å². The van der Waals surface area contributed by atoms with Crippen LogP contribution in [0.25, 0.3) is 0 Å². The average molecular weight is 281 g/mol. The SMILES string of the molecule is CCNCC1(CN2CCN(C)CC2C)CCCC(C)C1. The van der Waals surface area contributed by atoms with Crippen molar-refractivity contribution in [2.45, 2.75) is 52.5 Å². The van der Waals surface area contributed by atoms with Gasteiger partial charge in [-0.15, -0.1) is 0 Å². The predicted octanol–water partition coefficient (Wildman–Crippen LogP) is 2.43. The Labute approximate surface area is 126 Å². The number of nitrogens with zero attached hydrogens (tertiary/aromatic N) is 2. The highest BCUT2D eigenvalue weighted by atomic mass is 15.3. The van der Waals surface area contributed by atoms with Gasteiger partial charge in [-0.3, -0.25) is 4.90 Å². The molecule has 2 aliphatic rings. The number of piperazine rings is 1. The number of hydrogen-bond acceptors (Lipinski definition) is 3. The maximum atomic E-state index is 3.66. The molecule has 3 atom stereocenters. The minimum atomic E-state index is 0.526. The van der Waals surface area contributed by atoms with Gasteiger partial charge in [0, 0.05) is 38.8 Å². The smallest absolute Gasteiger partial charge is 0.0195 e. The molecule has 3 unspecified atom stereocenters. The van der Waals surface area contributed by atoms with E-state index in [1.165, 1.54) is 58.4 Å². The maximum Gasteiger partial charge on any atom is 0.0195 e. The normalized spacial score (nSPS) is 37.2. The van der Waals surface area contributed by atoms with Crippen molar-refractivity contribution < 1.29 is 0 Å². The van der Waals surface area contributed by atoms with E-state index in [9.17, 15) is 0 Å². The van der Waals surface area contributed by atoms with Gasteiger partial charge in [0.05, 0.1) is 0 Å². The third-order valence-electron chi connectivity index (χ3n) is 5.44. The lowest BCUT2D eigenvalue weighted by Gasteiger charge is -2.47. The van der Waals surface area contributed by atoms with Gasteiger partial charge in [-0.05, 0) is 44.7 Å². The summed E-state index contributed by atoms with van der Waals surface area (Å²) in [6, 6.07) is 0.712. The molecule has 1 aliphatic carbocycles. The molecule has 3 heteroatoms. The first kappa shape index (κ1) is 16.3. The molecule has 0 aromatic carbocycles. The molecule has 0 radical (unpaired) electrons. The summed E-state index contributed by atoms with van der Waals surface area (Å²) in [7, 11) is 2.25. The molecule has 2 rings (SSSR count). The number of hydrogen-bond donors (Lipinski definition) is 1. The molecule has 1 saturated carbocycles. The van der Waals surface area contributed by atoms with Gasteiger partial charge in [-0.25, -0.2) is 0 Å². The van der Waals surface area contributed by atoms with E-state index in [0.717, 1.165) is 12.5 Å². The molecular weight excluding hydrogens is 246 g/mol. The summed E-state index contributed by atoms with van der Waals surface area (Å²) in [5.41, 5.74) is 0.526. The van der Waals surface area contributed by atoms with E-state index in [1.54, 1.807) is 0 Å². The monoisotopic (exact) mass is 281 g/mol. The van der Waals surface area contributed by atoms with E-state index in [1.807, 2.05) is 0 Å². The second kappa shape index (κ2) is 7.24. The van der Waals surface area contributed by atoms with Crippen LogP contribution < -0.4 is 5.32 Å². The minimum Gasteiger partial charge on any atom is -0.316 e. The van der Waals surface area contributed by atoms with E-state index in [2.05, 4.69) is 42.9 Å². The van der Waals surface area contributed by atoms with Crippen LogP contribution in [0.1, 0.15) is 46.5 Å². The van der Waals surface area contributed by atoms with Crippen molar-refractivity contribution in [1.82, 2.24) is 15.1 Å². The lowest BCUT2D eigenvalue weighted by molar-refractivity contribution is 0.0268. The fourth-order valence-corrected chi connectivity index (χ4v) is 4.36. The summed E-state index contributed by atoms with van der Waals surface area (Å²) in [5, 5.41) is 3.66. The summed E-state index contributed by atoms with van der Waals surface area (Å²) in [6.07, 6.45) is 5.70. The molecule has 0 bridgehead atoms. The van der Waals surface area contributed by atoms with Crippen LogP contribution in [0.2, 0.25) is 0 Å². The standard InChI is InChI=1S/C17H35N3/c1-5-18-13-17(8-6-7-15(2)11-17)14-20-10-9-19(4)12-16(20)3/h15-16,18H,5-14H2,1-4H3. The molecular formula is C17H35N3. The van der Waals surface area contributed by atoms with Crippen molar-refractivity contribution >= 4 is 0 Å². The Morgan fingerprint density at radius 3 is 2.70 bits per heavy atom. The average Bonchev–Trinajstić information content (AvgIpc) is 2.40. The molecule has 2 fully saturated rings. The molecule has 0 spiro atoms. The summed E-state index contributed by atoms with van der Waals surface area (Å²) < 4.78 is 0. The molecule has 0 aromatic rings. The largest absolute Gasteiger partial charge is 0.316 e. The van der Waals surface area contributed by atoms with Gasteiger partial charge in [-0.2, -0.15) is 0 Å². The highest BCUT2D eigenvalue weighted by molar-refractivity contribution is 4.92. The van der Waals surface area contributed by atoms with Crippen LogP contribution in [0.4, 0.5) is 0 Å². The van der Waals surface area contributed by atoms with E-state index < -0.39 is 0 Å². The predicted molar refractivity (Wildman–Crippen MR) is 87.1 cm³/mol. The van der Waals surface area contributed by atoms with Gasteiger partial charge < -0.3 is 10.2 Å². The first-order valence-corrected chi connectivity index (χ1v) is 8.68. The second-order valence-electron chi connectivity index (χ2n) is 7.56. The molecule has 0 amide bonds. The number of rotatable bonds is 5. The Morgan fingerprint density at radius 2 is 2.05 bits per heavy atom. The van der Waals surface area contributed by atoms with Gasteiger partial charge in [0.1, 0.15) is 0 Å². The summed E-state index contributed by atoms with van der Waals surface area (Å²) in [6.45, 7) is 14.4. The van der Waals surface area contributed by atoms with Gasteiger partial charge in [0.2, 0.25) is 0 Å². The topological polar surface area (TPSA) is 18.5 Å². The van der Waals surface area contributed by atoms with Crippen molar-refractivity contribution in [3.8, 4) is 0 Å². The Kier molecular flexibility index (Phi) is 5.88. The molecule has 1 N–H and O–H groups in total. The minimum absolute atomic E-state index is 0.526. The van der Waals surface area contributed by atoms with Crippen LogP contribution in [0.15, 0.2) is 0 Å². The second-order valence-corrected chi connectivity index (χ2v) is 7.56. The quantitative estimate of drug-likeness (QED) is 0.835. The summed E-state index contributed by atoms with van der Waals surface area (Å²) >= 11 is 0. The summed E-state index contributed by atoms with van der Waals surface area (Å²) in [5.74, 6) is 0.908. The van der Waals surface area contributed by atoms with Gasteiger partial charge >= 0.3 is 0 Å². The Hall–Kier alpha value is -0.120. The van der Waals surface area contributed by atoms with Crippen LogP contribution in [-0.2, 0) is 0 Å². The lowest BCUT2D eigenvalue weighted by atomic mass is 9.69. The van der Waals surface area contributed by atoms with Crippen molar-refractivity contribution in [2.24, 2.45) is 11.3 Å². The fraction of sp³-hybridized carbons (Fsp3) is 1.00. The first-order valence-electron chi connectivity index (χ1n) is 8.68. The third-order valence-corrected chi connectivity index (χ3v) is 5.44. The van der Waals surface area contributed by atoms with Gasteiger partial charge in [0.25, 0.3) is 0 Å². The molecule has 1 heterocycles. The van der Waals surface area contributed by atoms with Crippen LogP contribution in [0, 0.1) is 11.3 Å². The van der Waals surface area contributed by atoms with Crippen molar-refractivity contribution in [2.75, 3.05) is 46.3 Å². The van der Waals surface area contributed by atoms with Crippen molar-refractivity contribution in [1.29, 1.82) is 0 Å². The molecule has 0 aromatic heterocycles. The zero-order chi connectivity index (χ0) is 14.6. The highest BCUT2D eigenvalue weighted by Crippen LogP contribution is 2.40. The van der Waals surface area contributed by atoms with Crippen LogP contribution in [0.3, 0.4) is 0 Å². The highest BCUT2D eigenvalue weighted by Gasteiger charge is 2.37. The van der Waals surface area contributed by atoms with E-state index in [0.29, 0.717) is 11.5 Å².